The largest absolute Gasteiger partial charge is 0.391 e. The molecule has 4 heteroatoms. The number of hydrogen-bond donors (Lipinski definition) is 1. The second-order valence-corrected chi connectivity index (χ2v) is 4.96. The van der Waals surface area contributed by atoms with Gasteiger partial charge in [-0.2, -0.15) is 13.2 Å². The molecule has 1 aromatic carbocycles. The van der Waals surface area contributed by atoms with Crippen LogP contribution in [0.2, 0.25) is 0 Å². The Morgan fingerprint density at radius 3 is 2.42 bits per heavy atom. The van der Waals surface area contributed by atoms with Crippen molar-refractivity contribution in [2.24, 2.45) is 5.92 Å². The molecule has 0 atom stereocenters. The number of alkyl halides is 3. The SMILES string of the molecule is C#Cc1cccc(NC2CCC(C(F)(F)F)CC2)c1. The van der Waals surface area contributed by atoms with Gasteiger partial charge in [0.05, 0.1) is 5.92 Å². The van der Waals surface area contributed by atoms with Gasteiger partial charge in [-0.1, -0.05) is 12.0 Å². The van der Waals surface area contributed by atoms with Crippen LogP contribution in [0.4, 0.5) is 18.9 Å². The van der Waals surface area contributed by atoms with Crippen LogP contribution in [0.5, 0.6) is 0 Å². The van der Waals surface area contributed by atoms with Crippen LogP contribution in [0.25, 0.3) is 0 Å². The number of halogens is 3. The van der Waals surface area contributed by atoms with E-state index in [9.17, 15) is 13.2 Å². The first-order valence-electron chi connectivity index (χ1n) is 6.39. The predicted molar refractivity (Wildman–Crippen MR) is 69.8 cm³/mol. The van der Waals surface area contributed by atoms with Crippen molar-refractivity contribution in [3.05, 3.63) is 29.8 Å². The molecule has 2 rings (SSSR count). The Balaban J connectivity index is 1.91. The van der Waals surface area contributed by atoms with E-state index < -0.39 is 12.1 Å². The summed E-state index contributed by atoms with van der Waals surface area (Å²) in [4.78, 5) is 0. The zero-order valence-corrected chi connectivity index (χ0v) is 10.5. The first-order chi connectivity index (χ1) is 8.99. The summed E-state index contributed by atoms with van der Waals surface area (Å²) in [6.45, 7) is 0. The molecule has 0 amide bonds. The molecule has 0 spiro atoms. The minimum atomic E-state index is -4.05. The average molecular weight is 267 g/mol. The van der Waals surface area contributed by atoms with E-state index >= 15 is 0 Å². The third-order valence-electron chi connectivity index (χ3n) is 3.59. The van der Waals surface area contributed by atoms with Gasteiger partial charge in [0.1, 0.15) is 0 Å². The highest BCUT2D eigenvalue weighted by molar-refractivity contribution is 5.50. The van der Waals surface area contributed by atoms with Crippen LogP contribution in [0.3, 0.4) is 0 Å². The quantitative estimate of drug-likeness (QED) is 0.792. The van der Waals surface area contributed by atoms with Gasteiger partial charge in [0.25, 0.3) is 0 Å². The molecule has 0 unspecified atom stereocenters. The van der Waals surface area contributed by atoms with Gasteiger partial charge in [-0.25, -0.2) is 0 Å². The molecule has 0 heterocycles. The molecule has 0 aliphatic heterocycles. The fourth-order valence-corrected chi connectivity index (χ4v) is 2.50. The van der Waals surface area contributed by atoms with E-state index in [0.29, 0.717) is 12.8 Å². The van der Waals surface area contributed by atoms with Crippen molar-refractivity contribution in [1.29, 1.82) is 0 Å². The summed E-state index contributed by atoms with van der Waals surface area (Å²) < 4.78 is 37.7. The van der Waals surface area contributed by atoms with E-state index in [-0.39, 0.29) is 18.9 Å². The van der Waals surface area contributed by atoms with Gasteiger partial charge in [0.2, 0.25) is 0 Å². The number of nitrogens with one attached hydrogen (secondary N) is 1. The lowest BCUT2D eigenvalue weighted by atomic mass is 9.85. The van der Waals surface area contributed by atoms with Gasteiger partial charge < -0.3 is 5.32 Å². The smallest absolute Gasteiger partial charge is 0.382 e. The summed E-state index contributed by atoms with van der Waals surface area (Å²) in [5, 5.41) is 3.26. The van der Waals surface area contributed by atoms with Crippen molar-refractivity contribution in [2.75, 3.05) is 5.32 Å². The van der Waals surface area contributed by atoms with Crippen molar-refractivity contribution in [3.8, 4) is 12.3 Å². The van der Waals surface area contributed by atoms with E-state index in [2.05, 4.69) is 11.2 Å². The van der Waals surface area contributed by atoms with E-state index in [1.54, 1.807) is 0 Å². The molecular weight excluding hydrogens is 251 g/mol. The summed E-state index contributed by atoms with van der Waals surface area (Å²) in [6, 6.07) is 7.50. The van der Waals surface area contributed by atoms with Crippen LogP contribution in [0, 0.1) is 18.3 Å². The third-order valence-corrected chi connectivity index (χ3v) is 3.59. The Morgan fingerprint density at radius 1 is 1.16 bits per heavy atom. The summed E-state index contributed by atoms with van der Waals surface area (Å²) in [5.41, 5.74) is 1.65. The zero-order chi connectivity index (χ0) is 13.9. The molecular formula is C15H16F3N. The van der Waals surface area contributed by atoms with Gasteiger partial charge in [0.15, 0.2) is 0 Å². The number of anilines is 1. The van der Waals surface area contributed by atoms with Crippen molar-refractivity contribution in [3.63, 3.8) is 0 Å². The molecule has 0 radical (unpaired) electrons. The minimum Gasteiger partial charge on any atom is -0.382 e. The molecule has 0 saturated heterocycles. The Kier molecular flexibility index (Phi) is 4.04. The average Bonchev–Trinajstić information content (AvgIpc) is 2.38. The normalized spacial score (nSPS) is 23.7. The lowest BCUT2D eigenvalue weighted by Crippen LogP contribution is -2.32. The highest BCUT2D eigenvalue weighted by Gasteiger charge is 2.41. The van der Waals surface area contributed by atoms with Crippen molar-refractivity contribution in [2.45, 2.75) is 37.9 Å². The molecule has 1 nitrogen and oxygen atoms in total. The third kappa shape index (κ3) is 3.66. The van der Waals surface area contributed by atoms with Gasteiger partial charge in [-0.3, -0.25) is 0 Å². The lowest BCUT2D eigenvalue weighted by molar-refractivity contribution is -0.182. The lowest BCUT2D eigenvalue weighted by Gasteiger charge is -2.30. The molecule has 102 valence electrons. The van der Waals surface area contributed by atoms with Crippen LogP contribution in [0.1, 0.15) is 31.2 Å². The van der Waals surface area contributed by atoms with Crippen molar-refractivity contribution < 1.29 is 13.2 Å². The van der Waals surface area contributed by atoms with Crippen molar-refractivity contribution in [1.82, 2.24) is 0 Å². The van der Waals surface area contributed by atoms with Gasteiger partial charge in [-0.05, 0) is 43.9 Å². The molecule has 1 saturated carbocycles. The maximum Gasteiger partial charge on any atom is 0.391 e. The fraction of sp³-hybridized carbons (Fsp3) is 0.467. The molecule has 1 aliphatic rings. The van der Waals surface area contributed by atoms with Crippen LogP contribution in [0.15, 0.2) is 24.3 Å². The van der Waals surface area contributed by atoms with Crippen LogP contribution in [-0.2, 0) is 0 Å². The summed E-state index contributed by atoms with van der Waals surface area (Å²) in [5.74, 6) is 1.41. The van der Waals surface area contributed by atoms with Crippen LogP contribution >= 0.6 is 0 Å². The molecule has 0 aromatic heterocycles. The van der Waals surface area contributed by atoms with E-state index in [0.717, 1.165) is 11.3 Å². The Labute approximate surface area is 111 Å². The van der Waals surface area contributed by atoms with E-state index in [4.69, 9.17) is 6.42 Å². The van der Waals surface area contributed by atoms with Gasteiger partial charge >= 0.3 is 6.18 Å². The van der Waals surface area contributed by atoms with Crippen molar-refractivity contribution >= 4 is 5.69 Å². The maximum absolute atomic E-state index is 12.6. The van der Waals surface area contributed by atoms with Gasteiger partial charge in [-0.15, -0.1) is 6.42 Å². The summed E-state index contributed by atoms with van der Waals surface area (Å²) in [6.07, 6.45) is 2.77. The second kappa shape index (κ2) is 5.56. The minimum absolute atomic E-state index is 0.103. The standard InChI is InChI=1S/C15H16F3N/c1-2-11-4-3-5-14(10-11)19-13-8-6-12(7-9-13)15(16,17)18/h1,3-5,10,12-13,19H,6-9H2. The Bertz CT molecular complexity index is 465. The number of rotatable bonds is 2. The van der Waals surface area contributed by atoms with Crippen LogP contribution < -0.4 is 5.32 Å². The van der Waals surface area contributed by atoms with Gasteiger partial charge in [0, 0.05) is 17.3 Å². The molecule has 0 bridgehead atoms. The zero-order valence-electron chi connectivity index (χ0n) is 10.5. The fourth-order valence-electron chi connectivity index (χ4n) is 2.50. The molecule has 1 aliphatic carbocycles. The Hall–Kier alpha value is -1.63. The molecule has 1 aromatic rings. The first kappa shape index (κ1) is 13.8. The summed E-state index contributed by atoms with van der Waals surface area (Å²) >= 11 is 0. The molecule has 19 heavy (non-hydrogen) atoms. The molecule has 1 N–H and O–H groups in total. The van der Waals surface area contributed by atoms with E-state index in [1.807, 2.05) is 24.3 Å². The predicted octanol–water partition coefficient (Wildman–Crippen LogP) is 4.20. The number of hydrogen-bond acceptors (Lipinski definition) is 1. The Morgan fingerprint density at radius 2 is 1.84 bits per heavy atom. The number of terminal acetylenes is 1. The molecule has 1 fully saturated rings. The highest BCUT2D eigenvalue weighted by atomic mass is 19.4. The van der Waals surface area contributed by atoms with Crippen LogP contribution in [-0.4, -0.2) is 12.2 Å². The maximum atomic E-state index is 12.6. The monoisotopic (exact) mass is 267 g/mol. The number of benzene rings is 1. The van der Waals surface area contributed by atoms with E-state index in [1.165, 1.54) is 0 Å². The highest BCUT2D eigenvalue weighted by Crippen LogP contribution is 2.38. The topological polar surface area (TPSA) is 12.0 Å². The summed E-state index contributed by atoms with van der Waals surface area (Å²) in [7, 11) is 0. The second-order valence-electron chi connectivity index (χ2n) is 4.96. The first-order valence-corrected chi connectivity index (χ1v) is 6.39.